The number of nitrogens with zero attached hydrogens (tertiary/aromatic N) is 1. The van der Waals surface area contributed by atoms with E-state index in [9.17, 15) is 9.59 Å². The minimum atomic E-state index is -0.777. The maximum Gasteiger partial charge on any atom is 0.303 e. The average Bonchev–Trinajstić information content (AvgIpc) is 2.72. The molecule has 0 aromatic rings. The van der Waals surface area contributed by atoms with Gasteiger partial charge in [0.2, 0.25) is 5.91 Å². The maximum absolute atomic E-state index is 12.0. The van der Waals surface area contributed by atoms with Crippen LogP contribution < -0.4 is 5.73 Å². The van der Waals surface area contributed by atoms with Crippen molar-refractivity contribution in [2.24, 2.45) is 17.6 Å². The summed E-state index contributed by atoms with van der Waals surface area (Å²) >= 11 is 0. The number of carboxylic acids is 1. The van der Waals surface area contributed by atoms with Crippen molar-refractivity contribution >= 4 is 11.9 Å². The summed E-state index contributed by atoms with van der Waals surface area (Å²) in [7, 11) is 0. The first-order valence-electron chi connectivity index (χ1n) is 6.25. The van der Waals surface area contributed by atoms with Gasteiger partial charge < -0.3 is 15.7 Å². The Morgan fingerprint density at radius 1 is 1.53 bits per heavy atom. The molecule has 0 bridgehead atoms. The predicted octanol–water partition coefficient (Wildman–Crippen LogP) is 0.685. The van der Waals surface area contributed by atoms with Crippen molar-refractivity contribution in [3.8, 4) is 0 Å². The van der Waals surface area contributed by atoms with E-state index in [4.69, 9.17) is 10.8 Å². The van der Waals surface area contributed by atoms with E-state index in [2.05, 4.69) is 0 Å². The van der Waals surface area contributed by atoms with E-state index in [-0.39, 0.29) is 24.2 Å². The van der Waals surface area contributed by atoms with Crippen LogP contribution in [-0.4, -0.2) is 41.5 Å². The third kappa shape index (κ3) is 4.34. The van der Waals surface area contributed by atoms with Crippen LogP contribution in [0.4, 0.5) is 0 Å². The molecule has 1 saturated heterocycles. The largest absolute Gasteiger partial charge is 0.481 e. The van der Waals surface area contributed by atoms with Gasteiger partial charge in [0.05, 0.1) is 0 Å². The molecule has 0 aliphatic carbocycles. The van der Waals surface area contributed by atoms with Gasteiger partial charge in [-0.3, -0.25) is 9.59 Å². The van der Waals surface area contributed by atoms with Gasteiger partial charge in [-0.25, -0.2) is 0 Å². The third-order valence-corrected chi connectivity index (χ3v) is 3.32. The minimum absolute atomic E-state index is 0.00197. The van der Waals surface area contributed by atoms with Crippen molar-refractivity contribution in [1.29, 1.82) is 0 Å². The van der Waals surface area contributed by atoms with Crippen molar-refractivity contribution < 1.29 is 14.7 Å². The van der Waals surface area contributed by atoms with Crippen LogP contribution in [0.3, 0.4) is 0 Å². The van der Waals surface area contributed by atoms with Crippen molar-refractivity contribution in [3.63, 3.8) is 0 Å². The zero-order chi connectivity index (χ0) is 12.8. The van der Waals surface area contributed by atoms with Crippen LogP contribution in [0.15, 0.2) is 0 Å². The first-order valence-corrected chi connectivity index (χ1v) is 6.25. The van der Waals surface area contributed by atoms with Crippen molar-refractivity contribution in [2.75, 3.05) is 19.6 Å². The standard InChI is InChI=1S/C12H22N2O3/c1-9(3-2-5-13)12(17)14-6-4-10(8-14)7-11(15)16/h9-10H,2-8,13H2,1H3,(H,15,16). The molecule has 1 aliphatic rings. The molecule has 98 valence electrons. The molecule has 1 amide bonds. The molecule has 17 heavy (non-hydrogen) atoms. The molecule has 0 radical (unpaired) electrons. The SMILES string of the molecule is CC(CCCN)C(=O)N1CCC(CC(=O)O)C1. The molecule has 0 aromatic heterocycles. The molecular weight excluding hydrogens is 220 g/mol. The number of carbonyl (C=O) groups is 2. The molecule has 2 unspecified atom stereocenters. The average molecular weight is 242 g/mol. The number of amides is 1. The molecule has 1 rings (SSSR count). The second-order valence-corrected chi connectivity index (χ2v) is 4.87. The Kier molecular flexibility index (Phi) is 5.41. The first kappa shape index (κ1) is 14.0. The quantitative estimate of drug-likeness (QED) is 0.717. The zero-order valence-corrected chi connectivity index (χ0v) is 10.4. The van der Waals surface area contributed by atoms with Gasteiger partial charge in [0.1, 0.15) is 0 Å². The van der Waals surface area contributed by atoms with Crippen LogP contribution in [-0.2, 0) is 9.59 Å². The fourth-order valence-electron chi connectivity index (χ4n) is 2.31. The van der Waals surface area contributed by atoms with Gasteiger partial charge in [0, 0.05) is 25.4 Å². The predicted molar refractivity (Wildman–Crippen MR) is 64.4 cm³/mol. The van der Waals surface area contributed by atoms with Crippen LogP contribution in [0.1, 0.15) is 32.6 Å². The lowest BCUT2D eigenvalue weighted by Gasteiger charge is -2.20. The van der Waals surface area contributed by atoms with E-state index in [1.165, 1.54) is 0 Å². The maximum atomic E-state index is 12.0. The number of carboxylic acid groups (broad SMARTS) is 1. The van der Waals surface area contributed by atoms with Gasteiger partial charge in [-0.05, 0) is 31.7 Å². The van der Waals surface area contributed by atoms with Gasteiger partial charge in [-0.15, -0.1) is 0 Å². The highest BCUT2D eigenvalue weighted by Crippen LogP contribution is 2.22. The van der Waals surface area contributed by atoms with Crippen molar-refractivity contribution in [3.05, 3.63) is 0 Å². The van der Waals surface area contributed by atoms with Crippen molar-refractivity contribution in [1.82, 2.24) is 4.90 Å². The smallest absolute Gasteiger partial charge is 0.303 e. The fraction of sp³-hybridized carbons (Fsp3) is 0.833. The van der Waals surface area contributed by atoms with Crippen LogP contribution in [0.25, 0.3) is 0 Å². The lowest BCUT2D eigenvalue weighted by Crippen LogP contribution is -2.33. The van der Waals surface area contributed by atoms with Crippen LogP contribution in [0, 0.1) is 11.8 Å². The van der Waals surface area contributed by atoms with Gasteiger partial charge >= 0.3 is 5.97 Å². The summed E-state index contributed by atoms with van der Waals surface area (Å²) in [6, 6.07) is 0. The molecule has 3 N–H and O–H groups in total. The van der Waals surface area contributed by atoms with E-state index in [0.717, 1.165) is 19.3 Å². The zero-order valence-electron chi connectivity index (χ0n) is 10.4. The number of hydrogen-bond donors (Lipinski definition) is 2. The Balaban J connectivity index is 2.36. The molecule has 5 nitrogen and oxygen atoms in total. The van der Waals surface area contributed by atoms with E-state index in [0.29, 0.717) is 19.6 Å². The van der Waals surface area contributed by atoms with Crippen LogP contribution in [0.2, 0.25) is 0 Å². The summed E-state index contributed by atoms with van der Waals surface area (Å²) in [4.78, 5) is 24.4. The summed E-state index contributed by atoms with van der Waals surface area (Å²) in [5, 5.41) is 8.71. The summed E-state index contributed by atoms with van der Waals surface area (Å²) in [6.45, 7) is 3.82. The van der Waals surface area contributed by atoms with Crippen molar-refractivity contribution in [2.45, 2.75) is 32.6 Å². The molecule has 0 saturated carbocycles. The molecule has 0 aromatic carbocycles. The second-order valence-electron chi connectivity index (χ2n) is 4.87. The van der Waals surface area contributed by atoms with Crippen LogP contribution >= 0.6 is 0 Å². The number of rotatable bonds is 6. The summed E-state index contributed by atoms with van der Waals surface area (Å²) < 4.78 is 0. The Morgan fingerprint density at radius 2 is 2.24 bits per heavy atom. The van der Waals surface area contributed by atoms with E-state index >= 15 is 0 Å². The van der Waals surface area contributed by atoms with E-state index in [1.807, 2.05) is 6.92 Å². The third-order valence-electron chi connectivity index (χ3n) is 3.32. The highest BCUT2D eigenvalue weighted by atomic mass is 16.4. The summed E-state index contributed by atoms with van der Waals surface area (Å²) in [5.41, 5.74) is 5.42. The highest BCUT2D eigenvalue weighted by Gasteiger charge is 2.29. The van der Waals surface area contributed by atoms with Gasteiger partial charge in [0.25, 0.3) is 0 Å². The topological polar surface area (TPSA) is 83.6 Å². The Bertz CT molecular complexity index is 281. The Labute approximate surface area is 102 Å². The normalized spacial score (nSPS) is 21.5. The van der Waals surface area contributed by atoms with Gasteiger partial charge in [0.15, 0.2) is 0 Å². The highest BCUT2D eigenvalue weighted by molar-refractivity contribution is 5.78. The lowest BCUT2D eigenvalue weighted by atomic mass is 10.0. The van der Waals surface area contributed by atoms with Gasteiger partial charge in [-0.1, -0.05) is 6.92 Å². The molecule has 5 heteroatoms. The Hall–Kier alpha value is -1.10. The molecule has 1 aliphatic heterocycles. The monoisotopic (exact) mass is 242 g/mol. The number of likely N-dealkylation sites (tertiary alicyclic amines) is 1. The number of aliphatic carboxylic acids is 1. The molecule has 0 spiro atoms. The molecular formula is C12H22N2O3. The van der Waals surface area contributed by atoms with Gasteiger partial charge in [-0.2, -0.15) is 0 Å². The first-order chi connectivity index (χ1) is 8.04. The molecule has 1 heterocycles. The molecule has 1 fully saturated rings. The number of carbonyl (C=O) groups excluding carboxylic acids is 1. The number of hydrogen-bond acceptors (Lipinski definition) is 3. The Morgan fingerprint density at radius 3 is 2.82 bits per heavy atom. The van der Waals surface area contributed by atoms with Crippen LogP contribution in [0.5, 0.6) is 0 Å². The summed E-state index contributed by atoms with van der Waals surface area (Å²) in [6.07, 6.45) is 2.65. The van der Waals surface area contributed by atoms with E-state index in [1.54, 1.807) is 4.90 Å². The second kappa shape index (κ2) is 6.59. The lowest BCUT2D eigenvalue weighted by molar-refractivity contribution is -0.139. The van der Waals surface area contributed by atoms with E-state index < -0.39 is 5.97 Å². The minimum Gasteiger partial charge on any atom is -0.481 e. The molecule has 2 atom stereocenters. The fourth-order valence-corrected chi connectivity index (χ4v) is 2.31. The number of nitrogens with two attached hydrogens (primary N) is 1. The summed E-state index contributed by atoms with van der Waals surface area (Å²) in [5.74, 6) is -0.507.